The SMILES string of the molecule is CC(C)CN(CC(C)C)S(=O)(=O)c1ccc(C(=O)Nc2nnc(-c3ccccc3Cl)o2)cc1. The molecule has 3 aromatic rings. The van der Waals surface area contributed by atoms with Gasteiger partial charge in [-0.3, -0.25) is 10.1 Å². The van der Waals surface area contributed by atoms with Gasteiger partial charge >= 0.3 is 6.01 Å². The summed E-state index contributed by atoms with van der Waals surface area (Å²) in [4.78, 5) is 12.7. The Kier molecular flexibility index (Phi) is 7.88. The second-order valence-electron chi connectivity index (χ2n) is 8.48. The first kappa shape index (κ1) is 24.9. The van der Waals surface area contributed by atoms with Crippen LogP contribution >= 0.6 is 11.6 Å². The minimum Gasteiger partial charge on any atom is -0.403 e. The van der Waals surface area contributed by atoms with E-state index in [1.54, 1.807) is 24.3 Å². The molecule has 1 N–H and O–H groups in total. The van der Waals surface area contributed by atoms with Crippen molar-refractivity contribution in [3.8, 4) is 11.5 Å². The molecule has 0 aliphatic carbocycles. The smallest absolute Gasteiger partial charge is 0.322 e. The zero-order valence-electron chi connectivity index (χ0n) is 18.9. The fourth-order valence-corrected chi connectivity index (χ4v) is 5.18. The van der Waals surface area contributed by atoms with Crippen LogP contribution in [0, 0.1) is 11.8 Å². The summed E-state index contributed by atoms with van der Waals surface area (Å²) >= 11 is 6.13. The molecule has 0 saturated carbocycles. The van der Waals surface area contributed by atoms with Crippen molar-refractivity contribution in [3.63, 3.8) is 0 Å². The van der Waals surface area contributed by atoms with Gasteiger partial charge in [-0.25, -0.2) is 8.42 Å². The Labute approximate surface area is 199 Å². The highest BCUT2D eigenvalue weighted by molar-refractivity contribution is 7.89. The van der Waals surface area contributed by atoms with Crippen LogP contribution in [0.4, 0.5) is 6.01 Å². The first-order valence-electron chi connectivity index (χ1n) is 10.6. The molecular weight excluding hydrogens is 464 g/mol. The predicted molar refractivity (Wildman–Crippen MR) is 128 cm³/mol. The van der Waals surface area contributed by atoms with E-state index in [-0.39, 0.29) is 34.2 Å². The lowest BCUT2D eigenvalue weighted by Crippen LogP contribution is -2.37. The number of hydrogen-bond donors (Lipinski definition) is 1. The highest BCUT2D eigenvalue weighted by Crippen LogP contribution is 2.27. The number of hydrogen-bond acceptors (Lipinski definition) is 6. The van der Waals surface area contributed by atoms with E-state index in [0.29, 0.717) is 23.7 Å². The van der Waals surface area contributed by atoms with Gasteiger partial charge in [0.15, 0.2) is 0 Å². The number of anilines is 1. The summed E-state index contributed by atoms with van der Waals surface area (Å²) in [5.74, 6) is 0.0459. The van der Waals surface area contributed by atoms with Gasteiger partial charge in [0.25, 0.3) is 11.8 Å². The molecule has 0 aliphatic rings. The maximum Gasteiger partial charge on any atom is 0.322 e. The molecule has 176 valence electrons. The molecule has 0 spiro atoms. The minimum absolute atomic E-state index is 0.0911. The number of carbonyl (C=O) groups is 1. The number of carbonyl (C=O) groups excluding carboxylic acids is 1. The van der Waals surface area contributed by atoms with Gasteiger partial charge in [-0.2, -0.15) is 4.31 Å². The summed E-state index contributed by atoms with van der Waals surface area (Å²) in [6, 6.07) is 12.7. The van der Waals surface area contributed by atoms with Gasteiger partial charge in [0.05, 0.1) is 15.5 Å². The molecule has 2 aromatic carbocycles. The quantitative estimate of drug-likeness (QED) is 0.455. The third-order valence-electron chi connectivity index (χ3n) is 4.64. The molecule has 1 amide bonds. The monoisotopic (exact) mass is 490 g/mol. The van der Waals surface area contributed by atoms with Crippen molar-refractivity contribution >= 4 is 33.5 Å². The zero-order chi connectivity index (χ0) is 24.2. The van der Waals surface area contributed by atoms with Crippen LogP contribution in [0.1, 0.15) is 38.1 Å². The Morgan fingerprint density at radius 2 is 1.61 bits per heavy atom. The molecule has 8 nitrogen and oxygen atoms in total. The first-order chi connectivity index (χ1) is 15.6. The van der Waals surface area contributed by atoms with Gasteiger partial charge in [0.2, 0.25) is 10.0 Å². The van der Waals surface area contributed by atoms with Crippen molar-refractivity contribution in [2.75, 3.05) is 18.4 Å². The van der Waals surface area contributed by atoms with Crippen molar-refractivity contribution < 1.29 is 17.6 Å². The maximum absolute atomic E-state index is 13.1. The van der Waals surface area contributed by atoms with Crippen LogP contribution in [-0.4, -0.2) is 41.9 Å². The first-order valence-corrected chi connectivity index (χ1v) is 12.4. The molecule has 0 aliphatic heterocycles. The van der Waals surface area contributed by atoms with Crippen molar-refractivity contribution in [2.24, 2.45) is 11.8 Å². The van der Waals surface area contributed by atoms with Crippen LogP contribution in [0.25, 0.3) is 11.5 Å². The Hall–Kier alpha value is -2.75. The van der Waals surface area contributed by atoms with E-state index in [1.165, 1.54) is 28.6 Å². The molecule has 0 bridgehead atoms. The standard InChI is InChI=1S/C23H27ClN4O4S/c1-15(2)13-28(14-16(3)4)33(30,31)18-11-9-17(10-12-18)21(29)25-23-27-26-22(32-23)19-7-5-6-8-20(19)24/h5-12,15-16H,13-14H2,1-4H3,(H,25,27,29). The molecule has 1 heterocycles. The number of amides is 1. The summed E-state index contributed by atoms with van der Waals surface area (Å²) in [7, 11) is -3.68. The Balaban J connectivity index is 1.74. The number of nitrogens with one attached hydrogen (secondary N) is 1. The fourth-order valence-electron chi connectivity index (χ4n) is 3.20. The predicted octanol–water partition coefficient (Wildman–Crippen LogP) is 4.95. The highest BCUT2D eigenvalue weighted by atomic mass is 35.5. The van der Waals surface area contributed by atoms with E-state index in [1.807, 2.05) is 27.7 Å². The molecule has 10 heteroatoms. The van der Waals surface area contributed by atoms with Gasteiger partial charge in [-0.15, -0.1) is 5.10 Å². The van der Waals surface area contributed by atoms with Gasteiger partial charge in [0.1, 0.15) is 0 Å². The fraction of sp³-hybridized carbons (Fsp3) is 0.348. The Bertz CT molecular complexity index is 1200. The summed E-state index contributed by atoms with van der Waals surface area (Å²) in [6.07, 6.45) is 0. The normalized spacial score (nSPS) is 12.0. The summed E-state index contributed by atoms with van der Waals surface area (Å²) in [6.45, 7) is 8.76. The van der Waals surface area contributed by atoms with Crippen LogP contribution in [0.5, 0.6) is 0 Å². The second-order valence-corrected chi connectivity index (χ2v) is 10.8. The van der Waals surface area contributed by atoms with Crippen LogP contribution in [-0.2, 0) is 10.0 Å². The number of aromatic nitrogens is 2. The molecule has 0 fully saturated rings. The number of benzene rings is 2. The lowest BCUT2D eigenvalue weighted by Gasteiger charge is -2.25. The van der Waals surface area contributed by atoms with E-state index < -0.39 is 15.9 Å². The highest BCUT2D eigenvalue weighted by Gasteiger charge is 2.26. The lowest BCUT2D eigenvalue weighted by molar-refractivity contribution is 0.102. The third kappa shape index (κ3) is 6.19. The molecule has 0 unspecified atom stereocenters. The number of sulfonamides is 1. The second kappa shape index (κ2) is 10.5. The van der Waals surface area contributed by atoms with Crippen molar-refractivity contribution in [1.82, 2.24) is 14.5 Å². The third-order valence-corrected chi connectivity index (χ3v) is 6.82. The molecule has 1 aromatic heterocycles. The molecule has 0 radical (unpaired) electrons. The van der Waals surface area contributed by atoms with Gasteiger partial charge < -0.3 is 4.42 Å². The van der Waals surface area contributed by atoms with E-state index in [4.69, 9.17) is 16.0 Å². The van der Waals surface area contributed by atoms with Gasteiger partial charge in [0, 0.05) is 18.7 Å². The number of rotatable bonds is 9. The van der Waals surface area contributed by atoms with Crippen LogP contribution < -0.4 is 5.32 Å². The summed E-state index contributed by atoms with van der Waals surface area (Å²) < 4.78 is 33.2. The number of halogens is 1. The van der Waals surface area contributed by atoms with Crippen molar-refractivity contribution in [2.45, 2.75) is 32.6 Å². The topological polar surface area (TPSA) is 105 Å². The van der Waals surface area contributed by atoms with Gasteiger partial charge in [-0.1, -0.05) is 56.5 Å². The van der Waals surface area contributed by atoms with E-state index in [0.717, 1.165) is 0 Å². The molecular formula is C23H27ClN4O4S. The van der Waals surface area contributed by atoms with Crippen LogP contribution in [0.3, 0.4) is 0 Å². The average molecular weight is 491 g/mol. The minimum atomic E-state index is -3.68. The molecule has 0 atom stereocenters. The van der Waals surface area contributed by atoms with E-state index >= 15 is 0 Å². The largest absolute Gasteiger partial charge is 0.403 e. The lowest BCUT2D eigenvalue weighted by atomic mass is 10.2. The van der Waals surface area contributed by atoms with Crippen LogP contribution in [0.2, 0.25) is 5.02 Å². The van der Waals surface area contributed by atoms with Crippen molar-refractivity contribution in [3.05, 3.63) is 59.1 Å². The van der Waals surface area contributed by atoms with E-state index in [2.05, 4.69) is 15.5 Å². The Morgan fingerprint density at radius 1 is 1.00 bits per heavy atom. The molecule has 3 rings (SSSR count). The van der Waals surface area contributed by atoms with Crippen LogP contribution in [0.15, 0.2) is 57.8 Å². The van der Waals surface area contributed by atoms with E-state index in [9.17, 15) is 13.2 Å². The van der Waals surface area contributed by atoms with Gasteiger partial charge in [-0.05, 0) is 48.2 Å². The zero-order valence-corrected chi connectivity index (χ0v) is 20.5. The average Bonchev–Trinajstić information content (AvgIpc) is 3.21. The van der Waals surface area contributed by atoms with Crippen molar-refractivity contribution in [1.29, 1.82) is 0 Å². The maximum atomic E-state index is 13.1. The molecule has 0 saturated heterocycles. The molecule has 33 heavy (non-hydrogen) atoms. The summed E-state index contributed by atoms with van der Waals surface area (Å²) in [5.41, 5.74) is 0.805. The summed E-state index contributed by atoms with van der Waals surface area (Å²) in [5, 5.41) is 10.7. The number of nitrogens with zero attached hydrogens (tertiary/aromatic N) is 3. The Morgan fingerprint density at radius 3 is 2.18 bits per heavy atom.